The van der Waals surface area contributed by atoms with Crippen LogP contribution in [0.4, 0.5) is 0 Å². The van der Waals surface area contributed by atoms with Crippen molar-refractivity contribution in [3.63, 3.8) is 0 Å². The van der Waals surface area contributed by atoms with Crippen molar-refractivity contribution in [2.24, 2.45) is 29.4 Å². The van der Waals surface area contributed by atoms with Gasteiger partial charge in [-0.05, 0) is 56.0 Å². The van der Waals surface area contributed by atoms with Gasteiger partial charge in [0.05, 0.1) is 0 Å². The highest BCUT2D eigenvalue weighted by Crippen LogP contribution is 2.43. The van der Waals surface area contributed by atoms with Crippen molar-refractivity contribution >= 4 is 0 Å². The van der Waals surface area contributed by atoms with Crippen molar-refractivity contribution in [3.8, 4) is 0 Å². The molecule has 2 heteroatoms. The van der Waals surface area contributed by atoms with Gasteiger partial charge in [-0.3, -0.25) is 4.90 Å². The molecular formula is C17H34N2. The molecule has 1 heterocycles. The molecule has 1 aliphatic heterocycles. The number of nitrogens with two attached hydrogens (primary N) is 1. The maximum atomic E-state index is 6.27. The smallest absolute Gasteiger partial charge is 0.0359 e. The third-order valence-corrected chi connectivity index (χ3v) is 6.44. The fourth-order valence-electron chi connectivity index (χ4n) is 4.61. The first-order chi connectivity index (χ1) is 9.01. The minimum Gasteiger partial charge on any atom is -0.329 e. The van der Waals surface area contributed by atoms with Gasteiger partial charge in [0.15, 0.2) is 0 Å². The van der Waals surface area contributed by atoms with Crippen LogP contribution in [0.25, 0.3) is 0 Å². The zero-order valence-corrected chi connectivity index (χ0v) is 13.5. The highest BCUT2D eigenvalue weighted by atomic mass is 15.2. The molecule has 0 aromatic carbocycles. The van der Waals surface area contributed by atoms with E-state index in [1.807, 2.05) is 0 Å². The van der Waals surface area contributed by atoms with Gasteiger partial charge in [0, 0.05) is 12.1 Å². The molecule has 1 aliphatic carbocycles. The Morgan fingerprint density at radius 2 is 1.79 bits per heavy atom. The summed E-state index contributed by atoms with van der Waals surface area (Å²) >= 11 is 0. The molecule has 2 fully saturated rings. The monoisotopic (exact) mass is 266 g/mol. The highest BCUT2D eigenvalue weighted by Gasteiger charge is 2.45. The highest BCUT2D eigenvalue weighted by molar-refractivity contribution is 5.01. The van der Waals surface area contributed by atoms with E-state index in [9.17, 15) is 0 Å². The van der Waals surface area contributed by atoms with E-state index in [0.29, 0.717) is 5.54 Å². The van der Waals surface area contributed by atoms with E-state index in [4.69, 9.17) is 5.73 Å². The summed E-state index contributed by atoms with van der Waals surface area (Å²) in [5.74, 6) is 3.36. The second-order valence-corrected chi connectivity index (χ2v) is 7.53. The second-order valence-electron chi connectivity index (χ2n) is 7.53. The fraction of sp³-hybridized carbons (Fsp3) is 1.00. The minimum absolute atomic E-state index is 0.305. The molecular weight excluding hydrogens is 232 g/mol. The molecule has 112 valence electrons. The molecule has 2 rings (SSSR count). The standard InChI is InChI=1S/C17H34N2/c1-13(2)16-7-10-19(11-8-16)17(12-18)9-5-6-14(3)15(17)4/h13-16H,5-12,18H2,1-4H3. The molecule has 0 amide bonds. The summed E-state index contributed by atoms with van der Waals surface area (Å²) in [5, 5.41) is 0. The van der Waals surface area contributed by atoms with Crippen LogP contribution in [0.15, 0.2) is 0 Å². The Morgan fingerprint density at radius 3 is 2.32 bits per heavy atom. The van der Waals surface area contributed by atoms with Crippen molar-refractivity contribution < 1.29 is 0 Å². The summed E-state index contributed by atoms with van der Waals surface area (Å²) in [4.78, 5) is 2.77. The molecule has 3 unspecified atom stereocenters. The molecule has 1 saturated heterocycles. The van der Waals surface area contributed by atoms with E-state index >= 15 is 0 Å². The summed E-state index contributed by atoms with van der Waals surface area (Å²) in [7, 11) is 0. The number of piperidine rings is 1. The van der Waals surface area contributed by atoms with E-state index in [1.54, 1.807) is 0 Å². The summed E-state index contributed by atoms with van der Waals surface area (Å²) in [5.41, 5.74) is 6.58. The lowest BCUT2D eigenvalue weighted by Crippen LogP contribution is -2.62. The van der Waals surface area contributed by atoms with E-state index in [1.165, 1.54) is 45.2 Å². The summed E-state index contributed by atoms with van der Waals surface area (Å²) in [6.07, 6.45) is 6.83. The van der Waals surface area contributed by atoms with Crippen molar-refractivity contribution in [1.82, 2.24) is 4.90 Å². The number of hydrogen-bond acceptors (Lipinski definition) is 2. The average Bonchev–Trinajstić information content (AvgIpc) is 2.42. The molecule has 0 spiro atoms. The van der Waals surface area contributed by atoms with Gasteiger partial charge >= 0.3 is 0 Å². The Bertz CT molecular complexity index is 281. The van der Waals surface area contributed by atoms with Crippen LogP contribution in [0.1, 0.15) is 59.8 Å². The van der Waals surface area contributed by atoms with Crippen molar-refractivity contribution in [2.45, 2.75) is 65.3 Å². The topological polar surface area (TPSA) is 29.3 Å². The third-order valence-electron chi connectivity index (χ3n) is 6.44. The van der Waals surface area contributed by atoms with Gasteiger partial charge in [-0.1, -0.05) is 40.5 Å². The Hall–Kier alpha value is -0.0800. The van der Waals surface area contributed by atoms with Gasteiger partial charge in [0.1, 0.15) is 0 Å². The SMILES string of the molecule is CC(C)C1CCN(C2(CN)CCCC(C)C2C)CC1. The van der Waals surface area contributed by atoms with Gasteiger partial charge in [-0.25, -0.2) is 0 Å². The number of rotatable bonds is 3. The summed E-state index contributed by atoms with van der Waals surface area (Å²) in [6, 6.07) is 0. The maximum Gasteiger partial charge on any atom is 0.0359 e. The molecule has 19 heavy (non-hydrogen) atoms. The van der Waals surface area contributed by atoms with Gasteiger partial charge in [0.2, 0.25) is 0 Å². The number of likely N-dealkylation sites (tertiary alicyclic amines) is 1. The van der Waals surface area contributed by atoms with Crippen LogP contribution < -0.4 is 5.73 Å². The largest absolute Gasteiger partial charge is 0.329 e. The molecule has 2 aliphatic rings. The molecule has 3 atom stereocenters. The summed E-state index contributed by atoms with van der Waals surface area (Å²) < 4.78 is 0. The lowest BCUT2D eigenvalue weighted by molar-refractivity contribution is -0.0333. The van der Waals surface area contributed by atoms with Gasteiger partial charge in [-0.2, -0.15) is 0 Å². The van der Waals surface area contributed by atoms with E-state index in [2.05, 4.69) is 32.6 Å². The second kappa shape index (κ2) is 6.13. The molecule has 2 nitrogen and oxygen atoms in total. The van der Waals surface area contributed by atoms with Crippen LogP contribution in [0, 0.1) is 23.7 Å². The average molecular weight is 266 g/mol. The first-order valence-electron chi connectivity index (χ1n) is 8.46. The summed E-state index contributed by atoms with van der Waals surface area (Å²) in [6.45, 7) is 13.0. The van der Waals surface area contributed by atoms with Gasteiger partial charge in [0.25, 0.3) is 0 Å². The molecule has 2 N–H and O–H groups in total. The van der Waals surface area contributed by atoms with Crippen LogP contribution in [0.5, 0.6) is 0 Å². The number of hydrogen-bond donors (Lipinski definition) is 1. The van der Waals surface area contributed by atoms with Gasteiger partial charge < -0.3 is 5.73 Å². The molecule has 0 radical (unpaired) electrons. The first-order valence-corrected chi connectivity index (χ1v) is 8.46. The Balaban J connectivity index is 2.06. The van der Waals surface area contributed by atoms with E-state index in [-0.39, 0.29) is 0 Å². The van der Waals surface area contributed by atoms with Crippen molar-refractivity contribution in [2.75, 3.05) is 19.6 Å². The van der Waals surface area contributed by atoms with Gasteiger partial charge in [-0.15, -0.1) is 0 Å². The van der Waals surface area contributed by atoms with Crippen LogP contribution in [0.2, 0.25) is 0 Å². The van der Waals surface area contributed by atoms with E-state index < -0.39 is 0 Å². The molecule has 0 bridgehead atoms. The fourth-order valence-corrected chi connectivity index (χ4v) is 4.61. The van der Waals surface area contributed by atoms with E-state index in [0.717, 1.165) is 30.2 Å². The Kier molecular flexibility index (Phi) is 4.94. The predicted molar refractivity (Wildman–Crippen MR) is 83.1 cm³/mol. The van der Waals surface area contributed by atoms with Crippen molar-refractivity contribution in [1.29, 1.82) is 0 Å². The Labute approximate surface area is 120 Å². The van der Waals surface area contributed by atoms with Crippen LogP contribution in [-0.2, 0) is 0 Å². The zero-order chi connectivity index (χ0) is 14.0. The minimum atomic E-state index is 0.305. The third kappa shape index (κ3) is 2.85. The number of nitrogens with zero attached hydrogens (tertiary/aromatic N) is 1. The predicted octanol–water partition coefficient (Wildman–Crippen LogP) is 3.51. The maximum absolute atomic E-state index is 6.27. The molecule has 1 saturated carbocycles. The van der Waals surface area contributed by atoms with Crippen molar-refractivity contribution in [3.05, 3.63) is 0 Å². The lowest BCUT2D eigenvalue weighted by Gasteiger charge is -2.54. The quantitative estimate of drug-likeness (QED) is 0.847. The van der Waals surface area contributed by atoms with Crippen LogP contribution >= 0.6 is 0 Å². The Morgan fingerprint density at radius 1 is 1.16 bits per heavy atom. The first kappa shape index (κ1) is 15.3. The lowest BCUT2D eigenvalue weighted by atomic mass is 9.66. The normalized spacial score (nSPS) is 38.8. The van der Waals surface area contributed by atoms with Crippen LogP contribution in [0.3, 0.4) is 0 Å². The zero-order valence-electron chi connectivity index (χ0n) is 13.5. The van der Waals surface area contributed by atoms with Crippen LogP contribution in [-0.4, -0.2) is 30.1 Å². The molecule has 0 aromatic heterocycles. The molecule has 0 aromatic rings.